The van der Waals surface area contributed by atoms with Crippen molar-refractivity contribution in [1.29, 1.82) is 0 Å². The Morgan fingerprint density at radius 2 is 1.96 bits per heavy atom. The molecule has 0 atom stereocenters. The van der Waals surface area contributed by atoms with E-state index in [1.165, 1.54) is 16.8 Å². The fourth-order valence-electron chi connectivity index (χ4n) is 1.86. The number of rotatable bonds is 5. The minimum atomic E-state index is -3.59. The Morgan fingerprint density at radius 3 is 2.65 bits per heavy atom. The largest absolute Gasteiger partial charge is 0.262 e. The van der Waals surface area contributed by atoms with E-state index < -0.39 is 10.0 Å². The molecule has 3 rings (SSSR count). The molecule has 0 aliphatic rings. The summed E-state index contributed by atoms with van der Waals surface area (Å²) in [6.45, 7) is 0.0542. The number of halogens is 1. The van der Waals surface area contributed by atoms with E-state index in [9.17, 15) is 8.42 Å². The summed E-state index contributed by atoms with van der Waals surface area (Å²) in [5, 5.41) is 7.91. The third-order valence-electron chi connectivity index (χ3n) is 3.02. The average Bonchev–Trinajstić information content (AvgIpc) is 3.03. The lowest BCUT2D eigenvalue weighted by molar-refractivity contribution is 0.580. The van der Waals surface area contributed by atoms with Crippen molar-refractivity contribution in [3.8, 4) is 5.69 Å². The van der Waals surface area contributed by atoms with Crippen LogP contribution in [0.2, 0.25) is 0 Å². The molecular formula is C14H12BrN5O2S. The van der Waals surface area contributed by atoms with E-state index in [1.54, 1.807) is 36.8 Å². The van der Waals surface area contributed by atoms with Crippen LogP contribution >= 0.6 is 15.9 Å². The first-order valence-electron chi connectivity index (χ1n) is 6.61. The number of nitrogens with zero attached hydrogens (tertiary/aromatic N) is 4. The molecule has 0 radical (unpaired) electrons. The van der Waals surface area contributed by atoms with Crippen molar-refractivity contribution < 1.29 is 8.42 Å². The number of hydrogen-bond acceptors (Lipinski definition) is 5. The molecule has 0 saturated carbocycles. The molecular weight excluding hydrogens is 382 g/mol. The molecule has 0 saturated heterocycles. The first-order valence-corrected chi connectivity index (χ1v) is 8.89. The van der Waals surface area contributed by atoms with Gasteiger partial charge in [-0.3, -0.25) is 4.98 Å². The number of sulfonamides is 1. The first-order chi connectivity index (χ1) is 11.0. The van der Waals surface area contributed by atoms with Gasteiger partial charge < -0.3 is 0 Å². The van der Waals surface area contributed by atoms with E-state index in [1.807, 2.05) is 6.07 Å². The maximum absolute atomic E-state index is 12.2. The highest BCUT2D eigenvalue weighted by Crippen LogP contribution is 2.14. The highest BCUT2D eigenvalue weighted by Gasteiger charge is 2.14. The Bertz CT molecular complexity index is 894. The molecule has 2 heterocycles. The second-order valence-corrected chi connectivity index (χ2v) is 7.33. The monoisotopic (exact) mass is 393 g/mol. The predicted molar refractivity (Wildman–Crippen MR) is 87.3 cm³/mol. The van der Waals surface area contributed by atoms with Gasteiger partial charge in [-0.25, -0.2) is 17.8 Å². The van der Waals surface area contributed by atoms with Gasteiger partial charge in [-0.15, -0.1) is 5.10 Å². The summed E-state index contributed by atoms with van der Waals surface area (Å²) in [6, 6.07) is 10.0. The van der Waals surface area contributed by atoms with Crippen molar-refractivity contribution in [2.45, 2.75) is 11.4 Å². The zero-order valence-corrected chi connectivity index (χ0v) is 14.2. The third-order valence-corrected chi connectivity index (χ3v) is 4.96. The summed E-state index contributed by atoms with van der Waals surface area (Å²) in [5.41, 5.74) is 1.26. The highest BCUT2D eigenvalue weighted by atomic mass is 79.9. The number of benzene rings is 1. The smallest absolute Gasteiger partial charge is 0.240 e. The molecule has 9 heteroatoms. The van der Waals surface area contributed by atoms with Crippen molar-refractivity contribution in [3.63, 3.8) is 0 Å². The molecule has 3 aromatic rings. The normalized spacial score (nSPS) is 11.5. The summed E-state index contributed by atoms with van der Waals surface area (Å²) in [6.07, 6.45) is 4.96. The Hall–Kier alpha value is -2.10. The lowest BCUT2D eigenvalue weighted by Gasteiger charge is -2.05. The Balaban J connectivity index is 1.71. The van der Waals surface area contributed by atoms with Crippen LogP contribution in [-0.4, -0.2) is 28.4 Å². The van der Waals surface area contributed by atoms with E-state index in [4.69, 9.17) is 0 Å². The van der Waals surface area contributed by atoms with Crippen molar-refractivity contribution in [2.24, 2.45) is 0 Å². The second-order valence-electron chi connectivity index (χ2n) is 4.64. The molecule has 0 bridgehead atoms. The standard InChI is InChI=1S/C14H12BrN5O2S/c15-11-3-5-14(6-4-11)23(21,22)17-8-12-10-20(19-18-12)13-2-1-7-16-9-13/h1-7,9-10,17H,8H2. The quantitative estimate of drug-likeness (QED) is 0.714. The van der Waals surface area contributed by atoms with Gasteiger partial charge in [0.2, 0.25) is 10.0 Å². The van der Waals surface area contributed by atoms with Gasteiger partial charge in [-0.05, 0) is 36.4 Å². The van der Waals surface area contributed by atoms with Crippen LogP contribution in [0.1, 0.15) is 5.69 Å². The summed E-state index contributed by atoms with van der Waals surface area (Å²) in [4.78, 5) is 4.19. The van der Waals surface area contributed by atoms with Gasteiger partial charge in [-0.2, -0.15) is 0 Å². The van der Waals surface area contributed by atoms with Crippen LogP contribution < -0.4 is 4.72 Å². The molecule has 0 amide bonds. The molecule has 1 N–H and O–H groups in total. The van der Waals surface area contributed by atoms with Crippen molar-refractivity contribution >= 4 is 26.0 Å². The lowest BCUT2D eigenvalue weighted by atomic mass is 10.4. The lowest BCUT2D eigenvalue weighted by Crippen LogP contribution is -2.23. The van der Waals surface area contributed by atoms with E-state index in [0.717, 1.165) is 10.2 Å². The molecule has 1 aromatic carbocycles. The van der Waals surface area contributed by atoms with E-state index in [0.29, 0.717) is 5.69 Å². The number of aromatic nitrogens is 4. The Labute approximate surface area is 141 Å². The highest BCUT2D eigenvalue weighted by molar-refractivity contribution is 9.10. The van der Waals surface area contributed by atoms with Crippen molar-refractivity contribution in [3.05, 3.63) is 65.2 Å². The van der Waals surface area contributed by atoms with Gasteiger partial charge in [0.05, 0.1) is 35.2 Å². The number of pyridine rings is 1. The van der Waals surface area contributed by atoms with Gasteiger partial charge in [0.15, 0.2) is 0 Å². The van der Waals surface area contributed by atoms with Crippen LogP contribution in [0.25, 0.3) is 5.69 Å². The maximum Gasteiger partial charge on any atom is 0.240 e. The zero-order chi connectivity index (χ0) is 16.3. The number of nitrogens with one attached hydrogen (secondary N) is 1. The molecule has 0 spiro atoms. The summed E-state index contributed by atoms with van der Waals surface area (Å²) in [7, 11) is -3.59. The van der Waals surface area contributed by atoms with Gasteiger partial charge in [0.1, 0.15) is 0 Å². The van der Waals surface area contributed by atoms with Crippen LogP contribution in [0.15, 0.2) is 64.4 Å². The molecule has 0 aliphatic heterocycles. The minimum Gasteiger partial charge on any atom is -0.262 e. The molecule has 0 unspecified atom stereocenters. The van der Waals surface area contributed by atoms with Crippen molar-refractivity contribution in [2.75, 3.05) is 0 Å². The first kappa shape index (κ1) is 15.8. The fraction of sp³-hybridized carbons (Fsp3) is 0.0714. The minimum absolute atomic E-state index is 0.0542. The maximum atomic E-state index is 12.2. The molecule has 7 nitrogen and oxygen atoms in total. The summed E-state index contributed by atoms with van der Waals surface area (Å²) < 4.78 is 29.3. The molecule has 23 heavy (non-hydrogen) atoms. The molecule has 0 fully saturated rings. The van der Waals surface area contributed by atoms with E-state index >= 15 is 0 Å². The molecule has 2 aromatic heterocycles. The Kier molecular flexibility index (Phi) is 4.51. The van der Waals surface area contributed by atoms with Gasteiger partial charge in [0.25, 0.3) is 0 Å². The van der Waals surface area contributed by atoms with Gasteiger partial charge in [-0.1, -0.05) is 21.1 Å². The topological polar surface area (TPSA) is 89.8 Å². The second kappa shape index (κ2) is 6.57. The van der Waals surface area contributed by atoms with Crippen molar-refractivity contribution in [1.82, 2.24) is 24.7 Å². The van der Waals surface area contributed by atoms with Crippen LogP contribution in [0.3, 0.4) is 0 Å². The summed E-state index contributed by atoms with van der Waals surface area (Å²) >= 11 is 3.27. The SMILES string of the molecule is O=S(=O)(NCc1cn(-c2cccnc2)nn1)c1ccc(Br)cc1. The Morgan fingerprint density at radius 1 is 1.17 bits per heavy atom. The van der Waals surface area contributed by atoms with Crippen LogP contribution in [0.5, 0.6) is 0 Å². The third kappa shape index (κ3) is 3.81. The van der Waals surface area contributed by atoms with E-state index in [2.05, 4.69) is 35.9 Å². The van der Waals surface area contributed by atoms with Crippen LogP contribution in [-0.2, 0) is 16.6 Å². The predicted octanol–water partition coefficient (Wildman–Crippen LogP) is 1.90. The van der Waals surface area contributed by atoms with Crippen LogP contribution in [0.4, 0.5) is 0 Å². The van der Waals surface area contributed by atoms with E-state index in [-0.39, 0.29) is 11.4 Å². The molecule has 118 valence electrons. The zero-order valence-electron chi connectivity index (χ0n) is 11.8. The van der Waals surface area contributed by atoms with Crippen LogP contribution in [0, 0.1) is 0 Å². The molecule has 0 aliphatic carbocycles. The average molecular weight is 394 g/mol. The number of hydrogen-bond donors (Lipinski definition) is 1. The van der Waals surface area contributed by atoms with Gasteiger partial charge >= 0.3 is 0 Å². The van der Waals surface area contributed by atoms with Gasteiger partial charge in [0, 0.05) is 10.7 Å². The summed E-state index contributed by atoms with van der Waals surface area (Å²) in [5.74, 6) is 0. The fourth-order valence-corrected chi connectivity index (χ4v) is 3.12.